The van der Waals surface area contributed by atoms with Gasteiger partial charge in [0.15, 0.2) is 0 Å². The van der Waals surface area contributed by atoms with Crippen molar-refractivity contribution in [1.82, 2.24) is 0 Å². The second-order valence-corrected chi connectivity index (χ2v) is 4.06. The first-order valence-electron chi connectivity index (χ1n) is 5.48. The van der Waals surface area contributed by atoms with Crippen LogP contribution in [0.3, 0.4) is 0 Å². The predicted molar refractivity (Wildman–Crippen MR) is 63.3 cm³/mol. The van der Waals surface area contributed by atoms with Crippen LogP contribution in [0.25, 0.3) is 0 Å². The van der Waals surface area contributed by atoms with Gasteiger partial charge in [0.25, 0.3) is 0 Å². The Labute approximate surface area is 95.5 Å². The largest absolute Gasteiger partial charge is 0.466 e. The van der Waals surface area contributed by atoms with Gasteiger partial charge >= 0.3 is 0 Å². The van der Waals surface area contributed by atoms with Crippen LogP contribution in [-0.4, -0.2) is 5.11 Å². The van der Waals surface area contributed by atoms with Gasteiger partial charge in [0, 0.05) is 12.0 Å². The van der Waals surface area contributed by atoms with E-state index < -0.39 is 6.10 Å². The molecule has 1 atom stereocenters. The molecule has 1 N–H and O–H groups in total. The molecule has 0 fully saturated rings. The molecule has 0 spiro atoms. The number of hydrogen-bond donors (Lipinski definition) is 1. The first kappa shape index (κ1) is 11.0. The number of hydrogen-bond acceptors (Lipinski definition) is 2. The van der Waals surface area contributed by atoms with Crippen molar-refractivity contribution in [2.24, 2.45) is 0 Å². The van der Waals surface area contributed by atoms with Crippen LogP contribution in [0.4, 0.5) is 0 Å². The first-order chi connectivity index (χ1) is 7.66. The van der Waals surface area contributed by atoms with E-state index in [2.05, 4.69) is 12.1 Å². The molecule has 0 aliphatic rings. The van der Waals surface area contributed by atoms with Crippen molar-refractivity contribution < 1.29 is 9.52 Å². The Hall–Kier alpha value is -1.54. The molecule has 0 aliphatic heterocycles. The third-order valence-electron chi connectivity index (χ3n) is 2.68. The van der Waals surface area contributed by atoms with E-state index in [0.717, 1.165) is 23.5 Å². The maximum atomic E-state index is 9.52. The smallest absolute Gasteiger partial charge is 0.108 e. The zero-order valence-electron chi connectivity index (χ0n) is 9.60. The van der Waals surface area contributed by atoms with E-state index in [1.807, 2.05) is 31.2 Å². The van der Waals surface area contributed by atoms with Crippen LogP contribution in [0, 0.1) is 6.92 Å². The fourth-order valence-electron chi connectivity index (χ4n) is 1.86. The highest BCUT2D eigenvalue weighted by Crippen LogP contribution is 2.23. The quantitative estimate of drug-likeness (QED) is 0.854. The second kappa shape index (κ2) is 4.54. The van der Waals surface area contributed by atoms with Gasteiger partial charge in [-0.05, 0) is 25.5 Å². The van der Waals surface area contributed by atoms with Gasteiger partial charge in [-0.3, -0.25) is 0 Å². The van der Waals surface area contributed by atoms with Crippen LogP contribution >= 0.6 is 0 Å². The van der Waals surface area contributed by atoms with E-state index in [-0.39, 0.29) is 0 Å². The van der Waals surface area contributed by atoms with Gasteiger partial charge in [-0.15, -0.1) is 0 Å². The number of furan rings is 1. The standard InChI is InChI=1S/C14H16O2/c1-10(15)14-9-13(16-11(14)2)8-12-6-4-3-5-7-12/h3-7,9-10,15H,8H2,1-2H3. The summed E-state index contributed by atoms with van der Waals surface area (Å²) in [5, 5.41) is 9.52. The topological polar surface area (TPSA) is 33.4 Å². The first-order valence-corrected chi connectivity index (χ1v) is 5.48. The highest BCUT2D eigenvalue weighted by Gasteiger charge is 2.11. The predicted octanol–water partition coefficient (Wildman–Crippen LogP) is 3.23. The maximum absolute atomic E-state index is 9.52. The summed E-state index contributed by atoms with van der Waals surface area (Å²) in [4.78, 5) is 0. The van der Waals surface area contributed by atoms with Crippen LogP contribution in [0.2, 0.25) is 0 Å². The Morgan fingerprint density at radius 3 is 2.50 bits per heavy atom. The summed E-state index contributed by atoms with van der Waals surface area (Å²) in [6, 6.07) is 12.1. The van der Waals surface area contributed by atoms with Gasteiger partial charge in [0.2, 0.25) is 0 Å². The molecule has 1 aromatic heterocycles. The van der Waals surface area contributed by atoms with Crippen molar-refractivity contribution in [3.8, 4) is 0 Å². The van der Waals surface area contributed by atoms with E-state index in [0.29, 0.717) is 0 Å². The summed E-state index contributed by atoms with van der Waals surface area (Å²) in [6.45, 7) is 3.64. The fraction of sp³-hybridized carbons (Fsp3) is 0.286. The monoisotopic (exact) mass is 216 g/mol. The molecule has 2 rings (SSSR count). The molecule has 16 heavy (non-hydrogen) atoms. The fourth-order valence-corrected chi connectivity index (χ4v) is 1.86. The van der Waals surface area contributed by atoms with Gasteiger partial charge in [0.05, 0.1) is 6.10 Å². The molecule has 1 aromatic carbocycles. The Balaban J connectivity index is 2.20. The molecule has 2 heteroatoms. The van der Waals surface area contributed by atoms with Crippen LogP contribution < -0.4 is 0 Å². The summed E-state index contributed by atoms with van der Waals surface area (Å²) >= 11 is 0. The third-order valence-corrected chi connectivity index (χ3v) is 2.68. The molecular weight excluding hydrogens is 200 g/mol. The average Bonchev–Trinajstić information content (AvgIpc) is 2.61. The van der Waals surface area contributed by atoms with E-state index in [1.165, 1.54) is 5.56 Å². The van der Waals surface area contributed by atoms with E-state index in [9.17, 15) is 5.11 Å². The SMILES string of the molecule is Cc1oc(Cc2ccccc2)cc1C(C)O. The molecule has 2 nitrogen and oxygen atoms in total. The lowest BCUT2D eigenvalue weighted by atomic mass is 10.1. The molecule has 0 radical (unpaired) electrons. The maximum Gasteiger partial charge on any atom is 0.108 e. The number of aryl methyl sites for hydroxylation is 1. The lowest BCUT2D eigenvalue weighted by molar-refractivity contribution is 0.197. The minimum absolute atomic E-state index is 0.465. The van der Waals surface area contributed by atoms with Gasteiger partial charge in [-0.2, -0.15) is 0 Å². The molecule has 84 valence electrons. The van der Waals surface area contributed by atoms with Gasteiger partial charge < -0.3 is 9.52 Å². The molecule has 1 heterocycles. The van der Waals surface area contributed by atoms with E-state index in [1.54, 1.807) is 6.92 Å². The summed E-state index contributed by atoms with van der Waals surface area (Å²) in [5.41, 5.74) is 2.10. The third kappa shape index (κ3) is 2.34. The zero-order chi connectivity index (χ0) is 11.5. The molecule has 0 saturated carbocycles. The van der Waals surface area contributed by atoms with Crippen LogP contribution in [-0.2, 0) is 6.42 Å². The zero-order valence-corrected chi connectivity index (χ0v) is 9.60. The molecule has 0 aliphatic carbocycles. The number of benzene rings is 1. The van der Waals surface area contributed by atoms with Gasteiger partial charge in [0.1, 0.15) is 11.5 Å². The Kier molecular flexibility index (Phi) is 3.11. The van der Waals surface area contributed by atoms with Crippen molar-refractivity contribution in [2.75, 3.05) is 0 Å². The Morgan fingerprint density at radius 2 is 1.94 bits per heavy atom. The second-order valence-electron chi connectivity index (χ2n) is 4.06. The van der Waals surface area contributed by atoms with E-state index >= 15 is 0 Å². The van der Waals surface area contributed by atoms with Crippen LogP contribution in [0.15, 0.2) is 40.8 Å². The molecule has 0 saturated heterocycles. The number of aliphatic hydroxyl groups excluding tert-OH is 1. The van der Waals surface area contributed by atoms with Crippen molar-refractivity contribution in [2.45, 2.75) is 26.4 Å². The highest BCUT2D eigenvalue weighted by atomic mass is 16.3. The van der Waals surface area contributed by atoms with Crippen molar-refractivity contribution in [3.63, 3.8) is 0 Å². The van der Waals surface area contributed by atoms with Gasteiger partial charge in [-0.1, -0.05) is 30.3 Å². The summed E-state index contributed by atoms with van der Waals surface area (Å²) in [5.74, 6) is 1.71. The van der Waals surface area contributed by atoms with Crippen molar-refractivity contribution in [1.29, 1.82) is 0 Å². The lowest BCUT2D eigenvalue weighted by Gasteiger charge is -1.98. The molecule has 2 aromatic rings. The molecule has 1 unspecified atom stereocenters. The Bertz CT molecular complexity index is 455. The summed E-state index contributed by atoms with van der Waals surface area (Å²) < 4.78 is 5.62. The molecule has 0 bridgehead atoms. The number of rotatable bonds is 3. The summed E-state index contributed by atoms with van der Waals surface area (Å²) in [7, 11) is 0. The van der Waals surface area contributed by atoms with Crippen molar-refractivity contribution >= 4 is 0 Å². The summed E-state index contributed by atoms with van der Waals surface area (Å²) in [6.07, 6.45) is 0.308. The van der Waals surface area contributed by atoms with Crippen LogP contribution in [0.1, 0.15) is 35.7 Å². The van der Waals surface area contributed by atoms with Crippen molar-refractivity contribution in [3.05, 3.63) is 59.0 Å². The molecular formula is C14H16O2. The lowest BCUT2D eigenvalue weighted by Crippen LogP contribution is -1.89. The minimum atomic E-state index is -0.465. The Morgan fingerprint density at radius 1 is 1.25 bits per heavy atom. The molecule has 0 amide bonds. The van der Waals surface area contributed by atoms with Gasteiger partial charge in [-0.25, -0.2) is 0 Å². The van der Waals surface area contributed by atoms with E-state index in [4.69, 9.17) is 4.42 Å². The number of aliphatic hydroxyl groups is 1. The average molecular weight is 216 g/mol. The normalized spacial score (nSPS) is 12.7. The minimum Gasteiger partial charge on any atom is -0.466 e. The van der Waals surface area contributed by atoms with Crippen LogP contribution in [0.5, 0.6) is 0 Å². The highest BCUT2D eigenvalue weighted by molar-refractivity contribution is 5.27.